The lowest BCUT2D eigenvalue weighted by Gasteiger charge is -2.10. The summed E-state index contributed by atoms with van der Waals surface area (Å²) >= 11 is 11.8. The van der Waals surface area contributed by atoms with Gasteiger partial charge in [0, 0.05) is 16.6 Å². The second kappa shape index (κ2) is 5.89. The Morgan fingerprint density at radius 3 is 2.45 bits per heavy atom. The van der Waals surface area contributed by atoms with Gasteiger partial charge >= 0.3 is 6.18 Å². The number of hydrogen-bond acceptors (Lipinski definition) is 2. The average molecular weight is 321 g/mol. The summed E-state index contributed by atoms with van der Waals surface area (Å²) in [5.41, 5.74) is 0.289. The fourth-order valence-corrected chi connectivity index (χ4v) is 1.92. The van der Waals surface area contributed by atoms with Gasteiger partial charge < -0.3 is 5.32 Å². The minimum Gasteiger partial charge on any atom is -0.380 e. The van der Waals surface area contributed by atoms with Gasteiger partial charge in [0.15, 0.2) is 0 Å². The highest BCUT2D eigenvalue weighted by atomic mass is 35.5. The SMILES string of the molecule is FC(F)(F)c1ccc(NCc2cc(Cl)ccc2Cl)cn1. The Kier molecular flexibility index (Phi) is 4.40. The summed E-state index contributed by atoms with van der Waals surface area (Å²) in [6.45, 7) is 0.340. The molecule has 0 aliphatic rings. The fraction of sp³-hybridized carbons (Fsp3) is 0.154. The van der Waals surface area contributed by atoms with Gasteiger partial charge in [-0.1, -0.05) is 23.2 Å². The van der Waals surface area contributed by atoms with E-state index in [4.69, 9.17) is 23.2 Å². The van der Waals surface area contributed by atoms with Crippen molar-refractivity contribution in [2.45, 2.75) is 12.7 Å². The van der Waals surface area contributed by atoms with E-state index in [1.54, 1.807) is 18.2 Å². The van der Waals surface area contributed by atoms with Gasteiger partial charge in [0.1, 0.15) is 5.69 Å². The molecule has 0 fully saturated rings. The monoisotopic (exact) mass is 320 g/mol. The normalized spacial score (nSPS) is 11.4. The summed E-state index contributed by atoms with van der Waals surface area (Å²) < 4.78 is 37.1. The molecule has 1 N–H and O–H groups in total. The van der Waals surface area contributed by atoms with Crippen LogP contribution in [-0.4, -0.2) is 4.98 Å². The zero-order valence-corrected chi connectivity index (χ0v) is 11.5. The van der Waals surface area contributed by atoms with Crippen LogP contribution in [0.1, 0.15) is 11.3 Å². The Morgan fingerprint density at radius 2 is 1.85 bits per heavy atom. The van der Waals surface area contributed by atoms with E-state index in [1.807, 2.05) is 0 Å². The Labute approximate surface area is 123 Å². The van der Waals surface area contributed by atoms with Crippen LogP contribution in [0.3, 0.4) is 0 Å². The van der Waals surface area contributed by atoms with E-state index in [-0.39, 0.29) is 0 Å². The molecule has 0 atom stereocenters. The molecule has 7 heteroatoms. The van der Waals surface area contributed by atoms with Crippen molar-refractivity contribution in [3.8, 4) is 0 Å². The Balaban J connectivity index is 2.06. The van der Waals surface area contributed by atoms with E-state index < -0.39 is 11.9 Å². The number of pyridine rings is 1. The molecule has 0 bridgehead atoms. The van der Waals surface area contributed by atoms with Crippen molar-refractivity contribution in [1.29, 1.82) is 0 Å². The maximum atomic E-state index is 12.4. The van der Waals surface area contributed by atoms with Crippen molar-refractivity contribution in [2.24, 2.45) is 0 Å². The molecule has 106 valence electrons. The molecule has 1 heterocycles. The molecule has 0 aliphatic carbocycles. The minimum absolute atomic E-state index is 0.340. The second-order valence-corrected chi connectivity index (χ2v) is 4.86. The van der Waals surface area contributed by atoms with E-state index in [1.165, 1.54) is 6.07 Å². The largest absolute Gasteiger partial charge is 0.433 e. The first-order chi connectivity index (χ1) is 9.36. The molecular weight excluding hydrogens is 312 g/mol. The van der Waals surface area contributed by atoms with E-state index in [2.05, 4.69) is 10.3 Å². The van der Waals surface area contributed by atoms with Gasteiger partial charge in [-0.3, -0.25) is 0 Å². The summed E-state index contributed by atoms with van der Waals surface area (Å²) in [6, 6.07) is 7.24. The molecule has 1 aromatic heterocycles. The number of alkyl halides is 3. The molecule has 1 aromatic carbocycles. The molecule has 0 saturated carbocycles. The van der Waals surface area contributed by atoms with Crippen LogP contribution < -0.4 is 5.32 Å². The molecule has 0 amide bonds. The molecule has 0 radical (unpaired) electrons. The van der Waals surface area contributed by atoms with E-state index in [0.29, 0.717) is 22.3 Å². The molecule has 20 heavy (non-hydrogen) atoms. The zero-order chi connectivity index (χ0) is 14.8. The maximum Gasteiger partial charge on any atom is 0.433 e. The summed E-state index contributed by atoms with van der Waals surface area (Å²) in [7, 11) is 0. The quantitative estimate of drug-likeness (QED) is 0.859. The number of rotatable bonds is 3. The first kappa shape index (κ1) is 14.9. The van der Waals surface area contributed by atoms with Crippen molar-refractivity contribution in [3.05, 3.63) is 57.8 Å². The molecule has 0 spiro atoms. The number of halogens is 5. The third-order valence-corrected chi connectivity index (χ3v) is 3.15. The standard InChI is InChI=1S/C13H9Cl2F3N2/c14-9-1-3-11(15)8(5-9)6-19-10-2-4-12(20-7-10)13(16,17)18/h1-5,7,19H,6H2. The van der Waals surface area contributed by atoms with Crippen LogP contribution in [0.15, 0.2) is 36.5 Å². The van der Waals surface area contributed by atoms with Gasteiger partial charge in [0.05, 0.1) is 11.9 Å². The van der Waals surface area contributed by atoms with Crippen LogP contribution in [0.5, 0.6) is 0 Å². The highest BCUT2D eigenvalue weighted by Gasteiger charge is 2.31. The Bertz CT molecular complexity index is 598. The molecule has 0 saturated heterocycles. The lowest BCUT2D eigenvalue weighted by Crippen LogP contribution is -2.08. The summed E-state index contributed by atoms with van der Waals surface area (Å²) in [6.07, 6.45) is -3.31. The first-order valence-electron chi connectivity index (χ1n) is 5.57. The predicted molar refractivity (Wildman–Crippen MR) is 73.0 cm³/mol. The lowest BCUT2D eigenvalue weighted by molar-refractivity contribution is -0.141. The van der Waals surface area contributed by atoms with Crippen LogP contribution in [0.4, 0.5) is 18.9 Å². The third kappa shape index (κ3) is 3.77. The molecule has 2 rings (SSSR count). The van der Waals surface area contributed by atoms with Crippen molar-refractivity contribution >= 4 is 28.9 Å². The third-order valence-electron chi connectivity index (χ3n) is 2.54. The van der Waals surface area contributed by atoms with Crippen molar-refractivity contribution in [3.63, 3.8) is 0 Å². The first-order valence-corrected chi connectivity index (χ1v) is 6.33. The van der Waals surface area contributed by atoms with Crippen molar-refractivity contribution in [1.82, 2.24) is 4.98 Å². The highest BCUT2D eigenvalue weighted by molar-refractivity contribution is 6.33. The van der Waals surface area contributed by atoms with E-state index in [0.717, 1.165) is 17.8 Å². The smallest absolute Gasteiger partial charge is 0.380 e. The van der Waals surface area contributed by atoms with Crippen LogP contribution in [-0.2, 0) is 12.7 Å². The Morgan fingerprint density at radius 1 is 1.10 bits per heavy atom. The van der Waals surface area contributed by atoms with Gasteiger partial charge in [0.2, 0.25) is 0 Å². The Hall–Kier alpha value is -1.46. The number of nitrogens with zero attached hydrogens (tertiary/aromatic N) is 1. The number of nitrogens with one attached hydrogen (secondary N) is 1. The molecular formula is C13H9Cl2F3N2. The fourth-order valence-electron chi connectivity index (χ4n) is 1.54. The summed E-state index contributed by atoms with van der Waals surface area (Å²) in [4.78, 5) is 3.36. The van der Waals surface area contributed by atoms with E-state index >= 15 is 0 Å². The van der Waals surface area contributed by atoms with Gasteiger partial charge in [-0.15, -0.1) is 0 Å². The number of benzene rings is 1. The minimum atomic E-state index is -4.44. The van der Waals surface area contributed by atoms with Gasteiger partial charge in [-0.05, 0) is 35.9 Å². The van der Waals surface area contributed by atoms with Gasteiger partial charge in [0.25, 0.3) is 0 Å². The highest BCUT2D eigenvalue weighted by Crippen LogP contribution is 2.28. The van der Waals surface area contributed by atoms with Crippen LogP contribution >= 0.6 is 23.2 Å². The van der Waals surface area contributed by atoms with Crippen LogP contribution in [0, 0.1) is 0 Å². The van der Waals surface area contributed by atoms with E-state index in [9.17, 15) is 13.2 Å². The second-order valence-electron chi connectivity index (χ2n) is 4.02. The molecule has 0 aliphatic heterocycles. The van der Waals surface area contributed by atoms with Crippen molar-refractivity contribution < 1.29 is 13.2 Å². The molecule has 2 aromatic rings. The van der Waals surface area contributed by atoms with Crippen LogP contribution in [0.25, 0.3) is 0 Å². The average Bonchev–Trinajstić information content (AvgIpc) is 2.39. The predicted octanol–water partition coefficient (Wildman–Crippen LogP) is 5.02. The molecule has 0 unspecified atom stereocenters. The summed E-state index contributed by atoms with van der Waals surface area (Å²) in [5.74, 6) is 0. The zero-order valence-electron chi connectivity index (χ0n) is 10.0. The maximum absolute atomic E-state index is 12.4. The van der Waals surface area contributed by atoms with Gasteiger partial charge in [-0.25, -0.2) is 4.98 Å². The number of anilines is 1. The topological polar surface area (TPSA) is 24.9 Å². The summed E-state index contributed by atoms with van der Waals surface area (Å²) in [5, 5.41) is 4.00. The molecule has 2 nitrogen and oxygen atoms in total. The van der Waals surface area contributed by atoms with Gasteiger partial charge in [-0.2, -0.15) is 13.2 Å². The van der Waals surface area contributed by atoms with Crippen molar-refractivity contribution in [2.75, 3.05) is 5.32 Å². The number of hydrogen-bond donors (Lipinski definition) is 1. The van der Waals surface area contributed by atoms with Crippen LogP contribution in [0.2, 0.25) is 10.0 Å². The number of aromatic nitrogens is 1. The lowest BCUT2D eigenvalue weighted by atomic mass is 10.2.